The van der Waals surface area contributed by atoms with Crippen molar-refractivity contribution in [2.24, 2.45) is 0 Å². The van der Waals surface area contributed by atoms with Crippen molar-refractivity contribution in [2.75, 3.05) is 13.2 Å². The normalized spacial score (nSPS) is 18.9. The molecule has 0 heterocycles. The van der Waals surface area contributed by atoms with Gasteiger partial charge in [0.15, 0.2) is 0 Å². The molecule has 0 aliphatic heterocycles. The highest BCUT2D eigenvalue weighted by Gasteiger charge is 2.43. The molecule has 0 radical (unpaired) electrons. The van der Waals surface area contributed by atoms with Crippen molar-refractivity contribution in [2.45, 2.75) is 38.2 Å². The van der Waals surface area contributed by atoms with Gasteiger partial charge in [0.1, 0.15) is 4.72 Å². The fraction of sp³-hybridized carbons (Fsp3) is 1.00. The Hall–Kier alpha value is 0.657. The first-order valence-electron chi connectivity index (χ1n) is 5.20. The predicted octanol–water partition coefficient (Wildman–Crippen LogP) is 3.69. The number of hydrogen-bond donors (Lipinski definition) is 0. The maximum absolute atomic E-state index is 12.4. The second kappa shape index (κ2) is 5.66. The van der Waals surface area contributed by atoms with Crippen LogP contribution in [0.2, 0.25) is 19.6 Å². The maximum Gasteiger partial charge on any atom is 0.345 e. The van der Waals surface area contributed by atoms with Crippen LogP contribution in [0.5, 0.6) is 0 Å². The smallest absolute Gasteiger partial charge is 0.308 e. The Labute approximate surface area is 94.1 Å². The summed E-state index contributed by atoms with van der Waals surface area (Å²) in [6.45, 7) is 9.50. The Kier molecular flexibility index (Phi) is 5.15. The van der Waals surface area contributed by atoms with E-state index < -0.39 is 20.4 Å². The topological polar surface area (TPSA) is 35.5 Å². The van der Waals surface area contributed by atoms with Crippen molar-refractivity contribution < 1.29 is 15.0 Å². The minimum absolute atomic E-state index is 0.231. The third-order valence-electron chi connectivity index (χ3n) is 1.46. The van der Waals surface area contributed by atoms with Gasteiger partial charge in [-0.15, -0.1) is 11.6 Å². The zero-order valence-electron chi connectivity index (χ0n) is 10.5. The number of halogens is 1. The molecule has 0 aromatic heterocycles. The van der Waals surface area contributed by atoms with Crippen LogP contribution in [0.15, 0.2) is 0 Å². The first-order chi connectivity index (χ1) is 6.62. The highest BCUT2D eigenvalue weighted by Crippen LogP contribution is 2.57. The molecule has 0 spiro atoms. The molecule has 0 saturated carbocycles. The molecule has 0 fully saturated rings. The molecule has 0 aliphatic rings. The van der Waals surface area contributed by atoms with Crippen LogP contribution < -0.4 is 0 Å². The van der Waals surface area contributed by atoms with Crippen LogP contribution in [0.4, 0.5) is 0 Å². The molecule has 0 aromatic carbocycles. The van der Waals surface area contributed by atoms with E-state index in [1.807, 2.05) is 19.6 Å². The average Bonchev–Trinajstić information content (AvgIpc) is 2.02. The van der Waals surface area contributed by atoms with Crippen LogP contribution in [0.3, 0.4) is 0 Å². The summed E-state index contributed by atoms with van der Waals surface area (Å²) in [5.74, 6) is 0. The van der Waals surface area contributed by atoms with Crippen molar-refractivity contribution in [3.05, 3.63) is 0 Å². The molecule has 6 heteroatoms. The molecule has 1 atom stereocenters. The lowest BCUT2D eigenvalue weighted by atomic mass is 10.9. The second-order valence-electron chi connectivity index (χ2n) is 3.87. The van der Waals surface area contributed by atoms with Gasteiger partial charge in [-0.2, -0.15) is 0 Å². The van der Waals surface area contributed by atoms with E-state index in [2.05, 4.69) is 0 Å². The molecule has 14 heavy (non-hydrogen) atoms. The molecule has 0 bridgehead atoms. The summed E-state index contributed by atoms with van der Waals surface area (Å²) in [6.07, 6.45) is 0. The van der Waals surface area contributed by atoms with Crippen LogP contribution >= 0.6 is 19.2 Å². The van der Waals surface area contributed by atoms with Gasteiger partial charge in [-0.05, 0) is 13.8 Å². The molecule has 0 saturated heterocycles. The summed E-state index contributed by atoms with van der Waals surface area (Å²) in [4.78, 5) is 0. The monoisotopic (exact) mass is 259 g/mol. The van der Waals surface area contributed by atoms with Gasteiger partial charge in [0.2, 0.25) is 0 Å². The number of rotatable bonds is 6. The van der Waals surface area contributed by atoms with E-state index in [9.17, 15) is 4.57 Å². The van der Waals surface area contributed by atoms with Crippen molar-refractivity contribution in [3.8, 4) is 0 Å². The van der Waals surface area contributed by atoms with E-state index in [0.717, 1.165) is 0 Å². The first kappa shape index (κ1) is 12.7. The molecule has 86 valence electrons. The summed E-state index contributed by atoms with van der Waals surface area (Å²) in [5.41, 5.74) is 0. The van der Waals surface area contributed by atoms with E-state index >= 15 is 0 Å². The van der Waals surface area contributed by atoms with Gasteiger partial charge in [0.25, 0.3) is 0 Å². The second-order valence-corrected chi connectivity index (χ2v) is 12.2. The van der Waals surface area contributed by atoms with Gasteiger partial charge < -0.3 is 9.05 Å². The Morgan fingerprint density at radius 1 is 1.36 bits per heavy atom. The van der Waals surface area contributed by atoms with Crippen LogP contribution in [-0.2, 0) is 13.6 Å². The summed E-state index contributed by atoms with van der Waals surface area (Å²) in [6, 6.07) is 0. The van der Waals surface area contributed by atoms with E-state index in [1.54, 1.807) is 13.8 Å². The highest BCUT2D eigenvalue weighted by molar-refractivity contribution is 7.60. The summed E-state index contributed by atoms with van der Waals surface area (Å²) in [5, 5.41) is 0. The molecule has 0 amide bonds. The molecule has 3 nitrogen and oxygen atoms in total. The Morgan fingerprint density at radius 3 is 1.93 bits per heavy atom. The molecular formula is C8H20ClO3PSi. The molecule has 0 aliphatic carbocycles. The van der Waals surface area contributed by atoms with Gasteiger partial charge in [-0.1, -0.05) is 19.6 Å². The fourth-order valence-electron chi connectivity index (χ4n) is 0.901. The standard InChI is InChI=1S/C8H20ClO3PSi/c1-6-11-13(10,12-7-2)8(9)14(3,4)5/h8H,6-7H2,1-5H3/i8D. The molecule has 0 N–H and O–H groups in total. The quantitative estimate of drug-likeness (QED) is 0.415. The SMILES string of the molecule is [2H]C(Cl)([Si](C)(C)C)P(=O)(OCC)OCC. The van der Waals surface area contributed by atoms with Crippen molar-refractivity contribution in [1.29, 1.82) is 0 Å². The van der Waals surface area contributed by atoms with Crippen LogP contribution in [0, 0.1) is 0 Å². The van der Waals surface area contributed by atoms with Crippen molar-refractivity contribution >= 4 is 27.3 Å². The largest absolute Gasteiger partial charge is 0.345 e. The summed E-state index contributed by atoms with van der Waals surface area (Å²) in [7, 11) is -5.73. The minimum Gasteiger partial charge on any atom is -0.308 e. The molecule has 1 unspecified atom stereocenters. The third-order valence-corrected chi connectivity index (χ3v) is 9.53. The average molecular weight is 260 g/mol. The van der Waals surface area contributed by atoms with Gasteiger partial charge in [0.05, 0.1) is 22.7 Å². The van der Waals surface area contributed by atoms with Crippen LogP contribution in [0.25, 0.3) is 0 Å². The minimum atomic E-state index is -3.55. The Balaban J connectivity index is 5.16. The predicted molar refractivity (Wildman–Crippen MR) is 63.8 cm³/mol. The highest BCUT2D eigenvalue weighted by atomic mass is 35.5. The zero-order valence-corrected chi connectivity index (χ0v) is 12.1. The van der Waals surface area contributed by atoms with Gasteiger partial charge in [-0.25, -0.2) is 0 Å². The van der Waals surface area contributed by atoms with E-state index in [4.69, 9.17) is 22.0 Å². The maximum atomic E-state index is 12.4. The van der Waals surface area contributed by atoms with Crippen molar-refractivity contribution in [3.63, 3.8) is 0 Å². The lowest BCUT2D eigenvalue weighted by Gasteiger charge is -2.29. The Bertz CT molecular complexity index is 245. The zero-order chi connectivity index (χ0) is 12.3. The van der Waals surface area contributed by atoms with Gasteiger partial charge >= 0.3 is 7.60 Å². The lowest BCUT2D eigenvalue weighted by molar-refractivity contribution is 0.221. The van der Waals surface area contributed by atoms with Crippen LogP contribution in [-0.4, -0.2) is 26.0 Å². The van der Waals surface area contributed by atoms with E-state index in [-0.39, 0.29) is 13.2 Å². The number of alkyl halides is 1. The van der Waals surface area contributed by atoms with Crippen LogP contribution in [0.1, 0.15) is 15.2 Å². The van der Waals surface area contributed by atoms with Gasteiger partial charge in [-0.3, -0.25) is 4.57 Å². The van der Waals surface area contributed by atoms with Gasteiger partial charge in [0, 0.05) is 0 Å². The summed E-state index contributed by atoms with van der Waals surface area (Å²) >= 11 is 6.09. The number of hydrogen-bond acceptors (Lipinski definition) is 3. The third kappa shape index (κ3) is 4.03. The first-order valence-corrected chi connectivity index (χ1v) is 10.1. The molecule has 0 aromatic rings. The fourth-order valence-corrected chi connectivity index (χ4v) is 5.85. The molecular weight excluding hydrogens is 239 g/mol. The molecule has 0 rings (SSSR count). The Morgan fingerprint density at radius 2 is 1.71 bits per heavy atom. The van der Waals surface area contributed by atoms with E-state index in [1.165, 1.54) is 0 Å². The lowest BCUT2D eigenvalue weighted by Crippen LogP contribution is -2.34. The van der Waals surface area contributed by atoms with E-state index in [0.29, 0.717) is 0 Å². The van der Waals surface area contributed by atoms with Crippen molar-refractivity contribution in [1.82, 2.24) is 0 Å². The summed E-state index contributed by atoms with van der Waals surface area (Å²) < 4.78 is 29.0.